The van der Waals surface area contributed by atoms with Gasteiger partial charge in [0.2, 0.25) is 11.8 Å². The Balaban J connectivity index is 1.22. The van der Waals surface area contributed by atoms with Crippen molar-refractivity contribution in [1.29, 1.82) is 0 Å². The number of amides is 2. The molecule has 69 heavy (non-hydrogen) atoms. The highest BCUT2D eigenvalue weighted by atomic mass is 16.8. The lowest BCUT2D eigenvalue weighted by molar-refractivity contribution is -0.380. The van der Waals surface area contributed by atoms with Crippen molar-refractivity contribution in [2.75, 3.05) is 39.6 Å². The first kappa shape index (κ1) is 56.2. The molecule has 400 valence electrons. The first-order chi connectivity index (χ1) is 32.6. The van der Waals surface area contributed by atoms with Gasteiger partial charge in [-0.25, -0.2) is 0 Å². The number of rotatable bonds is 16. The van der Waals surface area contributed by atoms with Gasteiger partial charge in [-0.3, -0.25) is 9.59 Å². The van der Waals surface area contributed by atoms with Crippen molar-refractivity contribution < 1.29 is 143 Å². The summed E-state index contributed by atoms with van der Waals surface area (Å²) in [6, 6.07) is -3.21. The van der Waals surface area contributed by atoms with Crippen LogP contribution in [0.3, 0.4) is 0 Å². The molecule has 6 saturated heterocycles. The Labute approximate surface area is 391 Å². The highest BCUT2D eigenvalue weighted by Crippen LogP contribution is 2.35. The summed E-state index contributed by atoms with van der Waals surface area (Å²) in [7, 11) is 0. The molecule has 6 aliphatic rings. The van der Waals surface area contributed by atoms with Crippen molar-refractivity contribution >= 4 is 11.8 Å². The molecule has 0 unspecified atom stereocenters. The first-order valence-electron chi connectivity index (χ1n) is 21.9. The topological polar surface area (TPSA) is 483 Å². The third-order valence-corrected chi connectivity index (χ3v) is 12.4. The van der Waals surface area contributed by atoms with E-state index in [-0.39, 0.29) is 0 Å². The van der Waals surface area contributed by atoms with Gasteiger partial charge < -0.3 is 144 Å². The zero-order valence-corrected chi connectivity index (χ0v) is 36.9. The van der Waals surface area contributed by atoms with Gasteiger partial charge in [0, 0.05) is 13.8 Å². The molecule has 31 heteroatoms. The van der Waals surface area contributed by atoms with Gasteiger partial charge in [-0.15, -0.1) is 0 Å². The van der Waals surface area contributed by atoms with Gasteiger partial charge in [0.05, 0.1) is 39.6 Å². The van der Waals surface area contributed by atoms with E-state index < -0.39 is 223 Å². The van der Waals surface area contributed by atoms with Crippen molar-refractivity contribution in [3.05, 3.63) is 0 Å². The smallest absolute Gasteiger partial charge is 0.217 e. The van der Waals surface area contributed by atoms with Crippen LogP contribution in [0.1, 0.15) is 13.8 Å². The lowest BCUT2D eigenvalue weighted by Gasteiger charge is -2.50. The summed E-state index contributed by atoms with van der Waals surface area (Å²) in [4.78, 5) is 24.3. The molecule has 18 N–H and O–H groups in total. The monoisotopic (exact) mass is 1010 g/mol. The number of nitrogens with one attached hydrogen (secondary N) is 2. The van der Waals surface area contributed by atoms with Crippen molar-refractivity contribution in [3.63, 3.8) is 0 Å². The van der Waals surface area contributed by atoms with Crippen LogP contribution in [0.15, 0.2) is 0 Å². The second-order valence-corrected chi connectivity index (χ2v) is 17.4. The minimum Gasteiger partial charge on any atom is -0.394 e. The number of carbonyl (C=O) groups excluding carboxylic acids is 2. The standard InChI is InChI=1S/C38H64N2O29/c1-9(44)39-17-22(51)30(14(4-42)62-33(17)58)67-34-18(40-10(2)45)23(52)31(15(5-43)64-34)68-38-28(57)32(69-36-25(54)19(48)11(46)6-60-36)21(50)16(65-38)8-61-35-27(56)29(12(47)7-59-35)66-37-26(55)24(53)20(49)13(3-41)63-37/h11-38,41-43,46-58H,3-8H2,1-2H3,(H,39,44)(H,40,45)/t11-,12-,13-,14-,15-,16-,17-,18-,19+,20-,21-,22-,23-,24+,25-,26+,27-,28+,29+,30-,31-,32+,33-,34+,35-,36-,37-,38+/m1/s1. The molecule has 0 spiro atoms. The van der Waals surface area contributed by atoms with Crippen LogP contribution in [-0.4, -0.2) is 305 Å². The van der Waals surface area contributed by atoms with Gasteiger partial charge in [0.1, 0.15) is 134 Å². The Kier molecular flexibility index (Phi) is 19.7. The molecule has 0 bridgehead atoms. The van der Waals surface area contributed by atoms with E-state index in [0.29, 0.717) is 0 Å². The Morgan fingerprint density at radius 3 is 1.52 bits per heavy atom. The fourth-order valence-corrected chi connectivity index (χ4v) is 8.67. The molecular weight excluding hydrogens is 948 g/mol. The summed E-state index contributed by atoms with van der Waals surface area (Å²) in [6.07, 6.45) is -47.2. The van der Waals surface area contributed by atoms with Gasteiger partial charge in [-0.2, -0.15) is 0 Å². The minimum atomic E-state index is -2.16. The number of carbonyl (C=O) groups is 2. The van der Waals surface area contributed by atoms with Crippen LogP contribution >= 0.6 is 0 Å². The molecule has 6 fully saturated rings. The predicted molar refractivity (Wildman–Crippen MR) is 210 cm³/mol. The molecular formula is C38H64N2O29. The summed E-state index contributed by atoms with van der Waals surface area (Å²) < 4.78 is 62.2. The van der Waals surface area contributed by atoms with Crippen LogP contribution in [0, 0.1) is 0 Å². The number of hydrogen-bond acceptors (Lipinski definition) is 29. The maximum Gasteiger partial charge on any atom is 0.217 e. The molecule has 0 aromatic carbocycles. The molecule has 0 aliphatic carbocycles. The maximum absolute atomic E-state index is 12.5. The van der Waals surface area contributed by atoms with Gasteiger partial charge >= 0.3 is 0 Å². The van der Waals surface area contributed by atoms with Gasteiger partial charge in [0.25, 0.3) is 0 Å². The van der Waals surface area contributed by atoms with Crippen LogP contribution in [0.25, 0.3) is 0 Å². The fraction of sp³-hybridized carbons (Fsp3) is 0.947. The molecule has 6 aliphatic heterocycles. The largest absolute Gasteiger partial charge is 0.394 e. The maximum atomic E-state index is 12.5. The third kappa shape index (κ3) is 12.5. The highest BCUT2D eigenvalue weighted by Gasteiger charge is 2.56. The molecule has 0 radical (unpaired) electrons. The lowest BCUT2D eigenvalue weighted by atomic mass is 9.94. The minimum absolute atomic E-state index is 0.588. The third-order valence-electron chi connectivity index (χ3n) is 12.4. The molecule has 2 amide bonds. The number of ether oxygens (including phenoxy) is 11. The van der Waals surface area contributed by atoms with Crippen LogP contribution in [0.4, 0.5) is 0 Å². The summed E-state index contributed by atoms with van der Waals surface area (Å²) in [6.45, 7) is -2.61. The van der Waals surface area contributed by atoms with Crippen molar-refractivity contribution in [2.45, 2.75) is 186 Å². The molecule has 6 rings (SSSR count). The van der Waals surface area contributed by atoms with Crippen molar-refractivity contribution in [1.82, 2.24) is 10.6 Å². The van der Waals surface area contributed by atoms with Gasteiger partial charge in [-0.05, 0) is 0 Å². The Morgan fingerprint density at radius 1 is 0.435 bits per heavy atom. The average Bonchev–Trinajstić information content (AvgIpc) is 3.30. The number of hydrogen-bond donors (Lipinski definition) is 18. The van der Waals surface area contributed by atoms with Gasteiger partial charge in [-0.1, -0.05) is 0 Å². The second kappa shape index (κ2) is 24.3. The normalized spacial score (nSPS) is 49.8. The van der Waals surface area contributed by atoms with E-state index in [1.54, 1.807) is 0 Å². The summed E-state index contributed by atoms with van der Waals surface area (Å²) in [5, 5.41) is 175. The summed E-state index contributed by atoms with van der Waals surface area (Å²) in [5.74, 6) is -1.50. The van der Waals surface area contributed by atoms with Crippen LogP contribution in [-0.2, 0) is 61.7 Å². The first-order valence-corrected chi connectivity index (χ1v) is 21.9. The average molecular weight is 1010 g/mol. The number of aliphatic hydroxyl groups is 16. The second-order valence-electron chi connectivity index (χ2n) is 17.4. The molecule has 0 saturated carbocycles. The summed E-state index contributed by atoms with van der Waals surface area (Å²) in [5.41, 5.74) is 0. The zero-order valence-electron chi connectivity index (χ0n) is 36.9. The lowest BCUT2D eigenvalue weighted by Crippen LogP contribution is -2.70. The SMILES string of the molecule is CC(=O)N[C@@H]1[C@@H](O)[C@H](O[C@@H]2O[C@H](CO)[C@@H](O[C@@H]3O[C@H](CO[C@H]4OC[C@@H](O)[C@H](O[C@H]5O[C@H](CO)[C@@H](O)[C@H](O)[C@@H]5O)[C@H]4O)[C@@H](O)[C@H](O[C@H]4OC[C@@H](O)[C@H](O)[C@H]4O)[C@@H]3O)[C@H](O)[C@H]2NC(C)=O)[C@@H](CO)O[C@H]1O. The summed E-state index contributed by atoms with van der Waals surface area (Å²) >= 11 is 0. The van der Waals surface area contributed by atoms with E-state index in [1.807, 2.05) is 0 Å². The number of aliphatic hydroxyl groups excluding tert-OH is 16. The van der Waals surface area contributed by atoms with Crippen molar-refractivity contribution in [2.24, 2.45) is 0 Å². The van der Waals surface area contributed by atoms with E-state index in [4.69, 9.17) is 52.1 Å². The Bertz CT molecular complexity index is 1640. The van der Waals surface area contributed by atoms with E-state index >= 15 is 0 Å². The van der Waals surface area contributed by atoms with E-state index in [2.05, 4.69) is 10.6 Å². The highest BCUT2D eigenvalue weighted by molar-refractivity contribution is 5.73. The van der Waals surface area contributed by atoms with Crippen LogP contribution in [0.5, 0.6) is 0 Å². The molecule has 0 aromatic heterocycles. The van der Waals surface area contributed by atoms with Crippen molar-refractivity contribution in [3.8, 4) is 0 Å². The Hall–Kier alpha value is -2.14. The molecule has 0 aromatic rings. The van der Waals surface area contributed by atoms with E-state index in [1.165, 1.54) is 0 Å². The Morgan fingerprint density at radius 2 is 0.899 bits per heavy atom. The quantitative estimate of drug-likeness (QED) is 0.0682. The van der Waals surface area contributed by atoms with Gasteiger partial charge in [0.15, 0.2) is 37.7 Å². The predicted octanol–water partition coefficient (Wildman–Crippen LogP) is -12.5. The van der Waals surface area contributed by atoms with E-state index in [9.17, 15) is 91.3 Å². The van der Waals surface area contributed by atoms with E-state index in [0.717, 1.165) is 13.8 Å². The molecule has 6 heterocycles. The molecule has 28 atom stereocenters. The fourth-order valence-electron chi connectivity index (χ4n) is 8.67. The van der Waals surface area contributed by atoms with Crippen LogP contribution < -0.4 is 10.6 Å². The van der Waals surface area contributed by atoms with Crippen LogP contribution in [0.2, 0.25) is 0 Å². The zero-order chi connectivity index (χ0) is 50.8. The molecule has 31 nitrogen and oxygen atoms in total.